The highest BCUT2D eigenvalue weighted by atomic mass is 16.6. The summed E-state index contributed by atoms with van der Waals surface area (Å²) >= 11 is 0. The van der Waals surface area contributed by atoms with Gasteiger partial charge in [0.05, 0.1) is 0 Å². The minimum Gasteiger partial charge on any atom is -0.462 e. The van der Waals surface area contributed by atoms with Crippen molar-refractivity contribution in [3.05, 3.63) is 97.2 Å². The van der Waals surface area contributed by atoms with Crippen LogP contribution in [0.4, 0.5) is 0 Å². The maximum Gasteiger partial charge on any atom is 0.306 e. The Hall–Kier alpha value is -3.67. The van der Waals surface area contributed by atoms with E-state index in [0.29, 0.717) is 19.3 Å². The lowest BCUT2D eigenvalue weighted by molar-refractivity contribution is -0.167. The molecule has 0 rings (SSSR count). The fraction of sp³-hybridized carbons (Fsp3) is 0.683. The van der Waals surface area contributed by atoms with Crippen LogP contribution in [0.15, 0.2) is 97.2 Å². The summed E-state index contributed by atoms with van der Waals surface area (Å²) < 4.78 is 16.8. The Balaban J connectivity index is 4.46. The molecule has 1 unspecified atom stereocenters. The van der Waals surface area contributed by atoms with Crippen molar-refractivity contribution in [1.29, 1.82) is 0 Å². The smallest absolute Gasteiger partial charge is 0.306 e. The van der Waals surface area contributed by atoms with Crippen molar-refractivity contribution in [2.45, 2.75) is 252 Å². The molecule has 0 saturated heterocycles. The van der Waals surface area contributed by atoms with Crippen molar-refractivity contribution in [3.63, 3.8) is 0 Å². The Morgan fingerprint density at radius 2 is 0.606 bits per heavy atom. The summed E-state index contributed by atoms with van der Waals surface area (Å²) in [4.78, 5) is 38.1. The second-order valence-corrected chi connectivity index (χ2v) is 17.9. The number of unbranched alkanes of at least 4 members (excludes halogenated alkanes) is 26. The first-order chi connectivity index (χ1) is 32.5. The molecule has 0 aromatic heterocycles. The number of ether oxygens (including phenoxy) is 3. The summed E-state index contributed by atoms with van der Waals surface area (Å²) in [6.07, 6.45) is 71.0. The van der Waals surface area contributed by atoms with E-state index in [9.17, 15) is 14.4 Å². The molecule has 0 aliphatic carbocycles. The van der Waals surface area contributed by atoms with E-state index in [1.807, 2.05) is 48.6 Å². The molecule has 0 N–H and O–H groups in total. The summed E-state index contributed by atoms with van der Waals surface area (Å²) in [6.45, 7) is 6.41. The molecular weight excluding hydrogens is 817 g/mol. The van der Waals surface area contributed by atoms with Crippen molar-refractivity contribution in [1.82, 2.24) is 0 Å². The van der Waals surface area contributed by atoms with Crippen molar-refractivity contribution >= 4 is 17.9 Å². The minimum atomic E-state index is -0.808. The molecule has 0 amide bonds. The van der Waals surface area contributed by atoms with Gasteiger partial charge in [0.15, 0.2) is 6.10 Å². The zero-order valence-corrected chi connectivity index (χ0v) is 42.9. The van der Waals surface area contributed by atoms with Crippen LogP contribution in [0.1, 0.15) is 245 Å². The zero-order valence-electron chi connectivity index (χ0n) is 42.9. The van der Waals surface area contributed by atoms with Crippen molar-refractivity contribution in [2.75, 3.05) is 13.2 Å². The first-order valence-electron chi connectivity index (χ1n) is 27.3. The first kappa shape index (κ1) is 62.3. The van der Waals surface area contributed by atoms with Crippen LogP contribution < -0.4 is 0 Å². The summed E-state index contributed by atoms with van der Waals surface area (Å²) in [7, 11) is 0. The highest BCUT2D eigenvalue weighted by Gasteiger charge is 2.19. The van der Waals surface area contributed by atoms with Gasteiger partial charge >= 0.3 is 17.9 Å². The largest absolute Gasteiger partial charge is 0.462 e. The topological polar surface area (TPSA) is 78.9 Å². The summed E-state index contributed by atoms with van der Waals surface area (Å²) in [5.74, 6) is -0.964. The van der Waals surface area contributed by atoms with Crippen LogP contribution >= 0.6 is 0 Å². The number of hydrogen-bond donors (Lipinski definition) is 0. The average Bonchev–Trinajstić information content (AvgIpc) is 3.31. The predicted molar refractivity (Wildman–Crippen MR) is 284 cm³/mol. The van der Waals surface area contributed by atoms with Crippen LogP contribution in [0.3, 0.4) is 0 Å². The highest BCUT2D eigenvalue weighted by molar-refractivity contribution is 5.71. The molecule has 0 aliphatic rings. The second kappa shape index (κ2) is 53.9. The SMILES string of the molecule is CC\C=C/C=C\C=C/C=C\C=C/CCCCCC(=O)OC(COC(=O)CCCCC/C=C\CCCCCCCCC)COC(=O)CCCCCCCCCCCC/C=C\C=C/CCCCC. The lowest BCUT2D eigenvalue weighted by Crippen LogP contribution is -2.30. The van der Waals surface area contributed by atoms with E-state index in [2.05, 4.69) is 69.4 Å². The molecule has 6 nitrogen and oxygen atoms in total. The molecule has 6 heteroatoms. The third-order valence-corrected chi connectivity index (χ3v) is 11.4. The van der Waals surface area contributed by atoms with Gasteiger partial charge in [-0.3, -0.25) is 14.4 Å². The van der Waals surface area contributed by atoms with Gasteiger partial charge in [0.25, 0.3) is 0 Å². The molecule has 0 saturated carbocycles. The van der Waals surface area contributed by atoms with E-state index in [-0.39, 0.29) is 37.5 Å². The molecule has 66 heavy (non-hydrogen) atoms. The van der Waals surface area contributed by atoms with Gasteiger partial charge in [0.2, 0.25) is 0 Å². The van der Waals surface area contributed by atoms with E-state index in [1.165, 1.54) is 122 Å². The van der Waals surface area contributed by atoms with Gasteiger partial charge in [-0.2, -0.15) is 0 Å². The van der Waals surface area contributed by atoms with Crippen LogP contribution in [-0.2, 0) is 28.6 Å². The predicted octanol–water partition coefficient (Wildman–Crippen LogP) is 18.1. The Morgan fingerprint density at radius 3 is 1.03 bits per heavy atom. The molecule has 0 aliphatic heterocycles. The van der Waals surface area contributed by atoms with E-state index >= 15 is 0 Å². The molecular formula is C60H100O6. The van der Waals surface area contributed by atoms with Crippen LogP contribution in [-0.4, -0.2) is 37.2 Å². The van der Waals surface area contributed by atoms with Gasteiger partial charge in [-0.25, -0.2) is 0 Å². The molecule has 0 spiro atoms. The van der Waals surface area contributed by atoms with E-state index in [4.69, 9.17) is 14.2 Å². The number of allylic oxidation sites excluding steroid dienone is 16. The van der Waals surface area contributed by atoms with Gasteiger partial charge in [0, 0.05) is 19.3 Å². The Morgan fingerprint density at radius 1 is 0.318 bits per heavy atom. The van der Waals surface area contributed by atoms with Crippen LogP contribution in [0.25, 0.3) is 0 Å². The van der Waals surface area contributed by atoms with Gasteiger partial charge < -0.3 is 14.2 Å². The maximum atomic E-state index is 12.8. The van der Waals surface area contributed by atoms with Crippen molar-refractivity contribution < 1.29 is 28.6 Å². The molecule has 0 bridgehead atoms. The van der Waals surface area contributed by atoms with Gasteiger partial charge in [-0.05, 0) is 89.9 Å². The summed E-state index contributed by atoms with van der Waals surface area (Å²) in [5, 5.41) is 0. The van der Waals surface area contributed by atoms with Crippen LogP contribution in [0, 0.1) is 0 Å². The normalized spacial score (nSPS) is 12.8. The average molecular weight is 917 g/mol. The number of rotatable bonds is 48. The summed E-state index contributed by atoms with van der Waals surface area (Å²) in [5.41, 5.74) is 0. The lowest BCUT2D eigenvalue weighted by atomic mass is 10.1. The highest BCUT2D eigenvalue weighted by Crippen LogP contribution is 2.14. The van der Waals surface area contributed by atoms with Crippen molar-refractivity contribution in [3.8, 4) is 0 Å². The van der Waals surface area contributed by atoms with Gasteiger partial charge in [0.1, 0.15) is 13.2 Å². The zero-order chi connectivity index (χ0) is 47.9. The Labute approximate surface area is 407 Å². The number of esters is 3. The Kier molecular flexibility index (Phi) is 50.9. The minimum absolute atomic E-state index is 0.102. The molecule has 0 aromatic carbocycles. The van der Waals surface area contributed by atoms with Crippen molar-refractivity contribution in [2.24, 2.45) is 0 Å². The fourth-order valence-electron chi connectivity index (χ4n) is 7.33. The quantitative estimate of drug-likeness (QED) is 0.0199. The summed E-state index contributed by atoms with van der Waals surface area (Å²) in [6, 6.07) is 0. The monoisotopic (exact) mass is 917 g/mol. The second-order valence-electron chi connectivity index (χ2n) is 17.9. The van der Waals surface area contributed by atoms with Gasteiger partial charge in [-0.1, -0.05) is 234 Å². The van der Waals surface area contributed by atoms with Crippen LogP contribution in [0.2, 0.25) is 0 Å². The standard InChI is InChI=1S/C60H100O6/c1-4-7-10-13-16-19-22-25-28-29-30-31-33-35-38-41-44-47-50-53-59(62)65-56-57(55-64-58(61)52-49-46-43-40-37-34-27-24-21-18-15-12-9-6-3)66-60(63)54-51-48-45-42-39-36-32-26-23-20-17-14-11-8-5-2/h8,11,14,16-17,19-20,22-23,25-26,32,34,36-37,39,57H,4-7,9-10,12-13,15,18,21,24,27-31,33,35,38,40-56H2,1-3H3/b11-8-,17-14-,19-16-,23-20-,25-22-,32-26-,37-34-,39-36-. The Bertz CT molecular complexity index is 1330. The van der Waals surface area contributed by atoms with Gasteiger partial charge in [-0.15, -0.1) is 0 Å². The number of hydrogen-bond acceptors (Lipinski definition) is 6. The first-order valence-corrected chi connectivity index (χ1v) is 27.3. The third kappa shape index (κ3) is 51.3. The van der Waals surface area contributed by atoms with Crippen LogP contribution in [0.5, 0.6) is 0 Å². The van der Waals surface area contributed by atoms with E-state index in [0.717, 1.165) is 77.0 Å². The third-order valence-electron chi connectivity index (χ3n) is 11.4. The molecule has 0 heterocycles. The fourth-order valence-corrected chi connectivity index (χ4v) is 7.33. The number of carbonyl (C=O) groups is 3. The number of carbonyl (C=O) groups excluding carboxylic acids is 3. The lowest BCUT2D eigenvalue weighted by Gasteiger charge is -2.18. The van der Waals surface area contributed by atoms with E-state index in [1.54, 1.807) is 0 Å². The van der Waals surface area contributed by atoms with E-state index < -0.39 is 6.10 Å². The molecule has 1 atom stereocenters. The molecule has 0 radical (unpaired) electrons. The maximum absolute atomic E-state index is 12.8. The molecule has 376 valence electrons. The molecule has 0 aromatic rings. The molecule has 0 fully saturated rings.